The van der Waals surface area contributed by atoms with E-state index in [1.165, 1.54) is 0 Å². The summed E-state index contributed by atoms with van der Waals surface area (Å²) >= 11 is 0. The van der Waals surface area contributed by atoms with Gasteiger partial charge in [-0.05, 0) is 55.9 Å². The van der Waals surface area contributed by atoms with Crippen LogP contribution in [0.15, 0.2) is 48.5 Å². The minimum absolute atomic E-state index is 0.0844. The monoisotopic (exact) mass is 630 g/mol. The number of nitrogens with zero attached hydrogens (tertiary/aromatic N) is 4. The number of hydrogen-bond acceptors (Lipinski definition) is 7. The molecule has 6 rings (SSSR count). The maximum atomic E-state index is 15.9. The van der Waals surface area contributed by atoms with Crippen molar-refractivity contribution in [2.24, 2.45) is 7.05 Å². The van der Waals surface area contributed by atoms with Gasteiger partial charge >= 0.3 is 5.97 Å². The molecule has 1 N–H and O–H groups in total. The molecule has 1 aromatic heterocycles. The zero-order chi connectivity index (χ0) is 32.2. The SMILES string of the molecule is COc1cc2nc(-c3cccc(-c4cccc(OCCCN5CCOCC5)c4F)c3C)n(C)c2cc1N1CCCCC1CC(=O)O. The molecular weight excluding hydrogens is 587 g/mol. The van der Waals surface area contributed by atoms with E-state index in [2.05, 4.69) is 15.9 Å². The van der Waals surface area contributed by atoms with E-state index < -0.39 is 5.97 Å². The standard InChI is InChI=1S/C36H43FN4O5/c1-24-26(28-12-7-13-32(35(28)37)46-18-8-14-40-16-19-45-20-17-40)10-6-11-27(24)36-38-29-22-33(44-3)31(23-30(29)39(36)2)41-15-5-4-9-25(41)21-34(42)43/h6-7,10-13,22-23,25H,4-5,8-9,14-21H2,1-3H3,(H,42,43). The average Bonchev–Trinajstić information content (AvgIpc) is 3.38. The Bertz CT molecular complexity index is 1700. The summed E-state index contributed by atoms with van der Waals surface area (Å²) in [6.45, 7) is 7.47. The minimum atomic E-state index is -0.799. The molecule has 4 aromatic rings. The number of benzene rings is 3. The number of ether oxygens (including phenoxy) is 3. The lowest BCUT2D eigenvalue weighted by Crippen LogP contribution is -2.41. The van der Waals surface area contributed by atoms with Crippen LogP contribution >= 0.6 is 0 Å². The average molecular weight is 631 g/mol. The van der Waals surface area contributed by atoms with Gasteiger partial charge in [0.25, 0.3) is 0 Å². The van der Waals surface area contributed by atoms with Crippen LogP contribution < -0.4 is 14.4 Å². The topological polar surface area (TPSA) is 89.3 Å². The first-order valence-corrected chi connectivity index (χ1v) is 16.2. The van der Waals surface area contributed by atoms with E-state index in [1.807, 2.05) is 48.9 Å². The lowest BCUT2D eigenvalue weighted by atomic mass is 9.95. The lowest BCUT2D eigenvalue weighted by Gasteiger charge is -2.37. The molecule has 244 valence electrons. The highest BCUT2D eigenvalue weighted by Crippen LogP contribution is 2.40. The quantitative estimate of drug-likeness (QED) is 0.193. The normalized spacial score (nSPS) is 17.4. The largest absolute Gasteiger partial charge is 0.495 e. The van der Waals surface area contributed by atoms with Crippen LogP contribution in [0, 0.1) is 12.7 Å². The van der Waals surface area contributed by atoms with Crippen molar-refractivity contribution in [1.29, 1.82) is 0 Å². The van der Waals surface area contributed by atoms with Crippen LogP contribution in [0.4, 0.5) is 10.1 Å². The van der Waals surface area contributed by atoms with Gasteiger partial charge in [-0.25, -0.2) is 9.37 Å². The zero-order valence-electron chi connectivity index (χ0n) is 26.9. The van der Waals surface area contributed by atoms with Gasteiger partial charge in [0, 0.05) is 56.5 Å². The van der Waals surface area contributed by atoms with Gasteiger partial charge in [0.15, 0.2) is 11.6 Å². The minimum Gasteiger partial charge on any atom is -0.495 e. The molecule has 3 aromatic carbocycles. The number of rotatable bonds is 11. The van der Waals surface area contributed by atoms with Crippen LogP contribution in [0.2, 0.25) is 0 Å². The molecule has 0 saturated carbocycles. The molecule has 2 aliphatic heterocycles. The fourth-order valence-electron chi connectivity index (χ4n) is 6.86. The number of aryl methyl sites for hydroxylation is 1. The van der Waals surface area contributed by atoms with Gasteiger partial charge in [0.2, 0.25) is 0 Å². The van der Waals surface area contributed by atoms with Crippen LogP contribution in [-0.4, -0.2) is 84.7 Å². The second-order valence-corrected chi connectivity index (χ2v) is 12.2. The van der Waals surface area contributed by atoms with Gasteiger partial charge in [0.05, 0.1) is 50.1 Å². The number of morpholine rings is 1. The van der Waals surface area contributed by atoms with E-state index in [9.17, 15) is 9.90 Å². The highest BCUT2D eigenvalue weighted by atomic mass is 19.1. The first kappa shape index (κ1) is 31.8. The van der Waals surface area contributed by atoms with E-state index in [0.717, 1.165) is 104 Å². The molecule has 46 heavy (non-hydrogen) atoms. The van der Waals surface area contributed by atoms with Crippen molar-refractivity contribution >= 4 is 22.7 Å². The first-order valence-electron chi connectivity index (χ1n) is 16.2. The number of piperidine rings is 1. The number of carboxylic acid groups (broad SMARTS) is 1. The highest BCUT2D eigenvalue weighted by Gasteiger charge is 2.28. The second kappa shape index (κ2) is 14.1. The lowest BCUT2D eigenvalue weighted by molar-refractivity contribution is -0.137. The van der Waals surface area contributed by atoms with Gasteiger partial charge in [-0.2, -0.15) is 0 Å². The Labute approximate surface area is 269 Å². The third kappa shape index (κ3) is 6.55. The molecule has 10 heteroatoms. The Morgan fingerprint density at radius 3 is 2.59 bits per heavy atom. The summed E-state index contributed by atoms with van der Waals surface area (Å²) in [6, 6.07) is 15.1. The van der Waals surface area contributed by atoms with Crippen LogP contribution in [0.1, 0.15) is 37.7 Å². The Kier molecular flexibility index (Phi) is 9.75. The Morgan fingerprint density at radius 1 is 1.04 bits per heavy atom. The molecule has 0 bridgehead atoms. The number of carboxylic acids is 1. The summed E-state index contributed by atoms with van der Waals surface area (Å²) in [5, 5.41) is 9.55. The summed E-state index contributed by atoms with van der Waals surface area (Å²) < 4.78 is 35.1. The molecule has 0 amide bonds. The van der Waals surface area contributed by atoms with Gasteiger partial charge in [-0.3, -0.25) is 9.69 Å². The molecule has 3 heterocycles. The van der Waals surface area contributed by atoms with Crippen molar-refractivity contribution in [2.75, 3.05) is 58.0 Å². The summed E-state index contributed by atoms with van der Waals surface area (Å²) in [4.78, 5) is 21.2. The predicted octanol–water partition coefficient (Wildman–Crippen LogP) is 6.30. The molecule has 2 fully saturated rings. The highest BCUT2D eigenvalue weighted by molar-refractivity contribution is 5.88. The van der Waals surface area contributed by atoms with E-state index in [-0.39, 0.29) is 24.0 Å². The number of halogens is 1. The van der Waals surface area contributed by atoms with Crippen molar-refractivity contribution < 1.29 is 28.5 Å². The summed E-state index contributed by atoms with van der Waals surface area (Å²) in [7, 11) is 3.61. The van der Waals surface area contributed by atoms with Gasteiger partial charge in [-0.15, -0.1) is 0 Å². The number of hydrogen-bond donors (Lipinski definition) is 1. The van der Waals surface area contributed by atoms with E-state index in [1.54, 1.807) is 19.2 Å². The molecule has 0 aliphatic carbocycles. The van der Waals surface area contributed by atoms with Crippen molar-refractivity contribution in [3.63, 3.8) is 0 Å². The molecule has 2 saturated heterocycles. The molecule has 1 unspecified atom stereocenters. The maximum Gasteiger partial charge on any atom is 0.305 e. The summed E-state index contributed by atoms with van der Waals surface area (Å²) in [5.41, 5.74) is 5.64. The van der Waals surface area contributed by atoms with E-state index in [4.69, 9.17) is 19.2 Å². The van der Waals surface area contributed by atoms with Crippen molar-refractivity contribution in [1.82, 2.24) is 14.5 Å². The smallest absolute Gasteiger partial charge is 0.305 e. The van der Waals surface area contributed by atoms with Gasteiger partial charge < -0.3 is 28.8 Å². The summed E-state index contributed by atoms with van der Waals surface area (Å²) in [5.74, 6) is 0.512. The second-order valence-electron chi connectivity index (χ2n) is 12.2. The molecular formula is C36H43FN4O5. The number of aliphatic carboxylic acids is 1. The van der Waals surface area contributed by atoms with Crippen molar-refractivity contribution in [2.45, 2.75) is 45.1 Å². The van der Waals surface area contributed by atoms with E-state index >= 15 is 4.39 Å². The molecule has 0 radical (unpaired) electrons. The third-order valence-electron chi connectivity index (χ3n) is 9.34. The number of carbonyl (C=O) groups is 1. The molecule has 1 atom stereocenters. The molecule has 0 spiro atoms. The number of anilines is 1. The van der Waals surface area contributed by atoms with Crippen LogP contribution in [0.5, 0.6) is 11.5 Å². The third-order valence-corrected chi connectivity index (χ3v) is 9.34. The van der Waals surface area contributed by atoms with Gasteiger partial charge in [-0.1, -0.05) is 30.3 Å². The van der Waals surface area contributed by atoms with E-state index in [0.29, 0.717) is 17.9 Å². The molecule has 2 aliphatic rings. The first-order chi connectivity index (χ1) is 22.4. The van der Waals surface area contributed by atoms with Crippen LogP contribution in [-0.2, 0) is 16.6 Å². The molecule has 9 nitrogen and oxygen atoms in total. The predicted molar refractivity (Wildman–Crippen MR) is 177 cm³/mol. The van der Waals surface area contributed by atoms with Crippen LogP contribution in [0.25, 0.3) is 33.5 Å². The zero-order valence-corrected chi connectivity index (χ0v) is 26.9. The number of imidazole rings is 1. The fourth-order valence-corrected chi connectivity index (χ4v) is 6.86. The summed E-state index contributed by atoms with van der Waals surface area (Å²) in [6.07, 6.45) is 3.73. The van der Waals surface area contributed by atoms with Gasteiger partial charge in [0.1, 0.15) is 11.6 Å². The fraction of sp³-hybridized carbons (Fsp3) is 0.444. The number of fused-ring (bicyclic) bond motifs is 1. The van der Waals surface area contributed by atoms with Crippen molar-refractivity contribution in [3.05, 3.63) is 59.9 Å². The maximum absolute atomic E-state index is 15.9. The Balaban J connectivity index is 1.29. The Morgan fingerprint density at radius 2 is 1.80 bits per heavy atom. The Hall–Kier alpha value is -4.15. The van der Waals surface area contributed by atoms with Crippen molar-refractivity contribution in [3.8, 4) is 34.0 Å². The number of methoxy groups -OCH3 is 1. The van der Waals surface area contributed by atoms with Crippen LogP contribution in [0.3, 0.4) is 0 Å². The number of aromatic nitrogens is 2.